The van der Waals surface area contributed by atoms with Crippen molar-refractivity contribution in [2.75, 3.05) is 17.6 Å². The molecule has 0 bridgehead atoms. The van der Waals surface area contributed by atoms with Crippen LogP contribution in [0.15, 0.2) is 42.5 Å². The first-order chi connectivity index (χ1) is 13.7. The standard InChI is InChI=1S/C20H21F3N4O2/c1-3-25-19(28)26-13-7-5-12(6-8-13)18-17(24)15-10-9-14(29-20(21,22)23)11-16(15)27(18)4-2/h5-11H,3-4,24H2,1-2H3,(H2,25,26,28). The molecule has 0 fully saturated rings. The number of anilines is 2. The predicted molar refractivity (Wildman–Crippen MR) is 107 cm³/mol. The number of rotatable bonds is 5. The third kappa shape index (κ3) is 4.39. The van der Waals surface area contributed by atoms with Crippen LogP contribution in [-0.4, -0.2) is 23.5 Å². The van der Waals surface area contributed by atoms with Crippen LogP contribution in [0.3, 0.4) is 0 Å². The van der Waals surface area contributed by atoms with Crippen LogP contribution in [0.2, 0.25) is 0 Å². The molecule has 3 aromatic rings. The third-order valence-corrected chi connectivity index (χ3v) is 4.38. The zero-order valence-electron chi connectivity index (χ0n) is 15.9. The van der Waals surface area contributed by atoms with Gasteiger partial charge in [-0.2, -0.15) is 0 Å². The lowest BCUT2D eigenvalue weighted by Gasteiger charge is -2.11. The minimum absolute atomic E-state index is 0.301. The number of aromatic nitrogens is 1. The summed E-state index contributed by atoms with van der Waals surface area (Å²) in [6.45, 7) is 4.71. The molecular formula is C20H21F3N4O2. The number of benzene rings is 2. The summed E-state index contributed by atoms with van der Waals surface area (Å²) in [5.74, 6) is -0.301. The lowest BCUT2D eigenvalue weighted by atomic mass is 10.1. The van der Waals surface area contributed by atoms with Crippen LogP contribution in [-0.2, 0) is 6.54 Å². The number of carbonyl (C=O) groups excluding carboxylic acids is 1. The van der Waals surface area contributed by atoms with E-state index in [2.05, 4.69) is 15.4 Å². The number of alkyl halides is 3. The second-order valence-corrected chi connectivity index (χ2v) is 6.30. The molecule has 9 heteroatoms. The van der Waals surface area contributed by atoms with Gasteiger partial charge in [0.2, 0.25) is 0 Å². The molecule has 0 aliphatic rings. The molecule has 154 valence electrons. The molecule has 2 aromatic carbocycles. The number of hydrogen-bond acceptors (Lipinski definition) is 3. The summed E-state index contributed by atoms with van der Waals surface area (Å²) in [5.41, 5.74) is 9.41. The largest absolute Gasteiger partial charge is 0.573 e. The van der Waals surface area contributed by atoms with E-state index >= 15 is 0 Å². The van der Waals surface area contributed by atoms with Gasteiger partial charge in [0, 0.05) is 35.8 Å². The normalized spacial score (nSPS) is 11.5. The highest BCUT2D eigenvalue weighted by atomic mass is 19.4. The molecule has 0 spiro atoms. The maximum absolute atomic E-state index is 12.6. The number of nitrogens with one attached hydrogen (secondary N) is 2. The highest BCUT2D eigenvalue weighted by Gasteiger charge is 2.31. The fraction of sp³-hybridized carbons (Fsp3) is 0.250. The van der Waals surface area contributed by atoms with Crippen LogP contribution >= 0.6 is 0 Å². The molecule has 0 unspecified atom stereocenters. The van der Waals surface area contributed by atoms with E-state index in [1.807, 2.05) is 18.4 Å². The van der Waals surface area contributed by atoms with Crippen molar-refractivity contribution in [2.45, 2.75) is 26.8 Å². The highest BCUT2D eigenvalue weighted by molar-refractivity contribution is 6.01. The second kappa shape index (κ2) is 7.94. The predicted octanol–water partition coefficient (Wildman–Crippen LogP) is 4.95. The van der Waals surface area contributed by atoms with Gasteiger partial charge in [0.1, 0.15) is 5.75 Å². The van der Waals surface area contributed by atoms with Crippen molar-refractivity contribution in [3.63, 3.8) is 0 Å². The van der Waals surface area contributed by atoms with E-state index in [1.165, 1.54) is 18.2 Å². The molecule has 0 radical (unpaired) electrons. The molecule has 0 aliphatic heterocycles. The Labute approximate surface area is 165 Å². The van der Waals surface area contributed by atoms with Crippen molar-refractivity contribution in [3.8, 4) is 17.0 Å². The van der Waals surface area contributed by atoms with Gasteiger partial charge in [0.25, 0.3) is 0 Å². The topological polar surface area (TPSA) is 81.3 Å². The first kappa shape index (κ1) is 20.4. The maximum Gasteiger partial charge on any atom is 0.573 e. The summed E-state index contributed by atoms with van der Waals surface area (Å²) in [4.78, 5) is 11.6. The smallest absolute Gasteiger partial charge is 0.406 e. The summed E-state index contributed by atoms with van der Waals surface area (Å²) in [6, 6.07) is 10.9. The van der Waals surface area contributed by atoms with E-state index in [9.17, 15) is 18.0 Å². The molecule has 6 nitrogen and oxygen atoms in total. The molecule has 1 heterocycles. The lowest BCUT2D eigenvalue weighted by Crippen LogP contribution is -2.28. The van der Waals surface area contributed by atoms with Gasteiger partial charge in [-0.3, -0.25) is 0 Å². The number of halogens is 3. The Balaban J connectivity index is 2.00. The van der Waals surface area contributed by atoms with Gasteiger partial charge in [-0.1, -0.05) is 12.1 Å². The number of nitrogen functional groups attached to an aromatic ring is 1. The number of carbonyl (C=O) groups is 1. The van der Waals surface area contributed by atoms with Crippen molar-refractivity contribution in [2.24, 2.45) is 0 Å². The summed E-state index contributed by atoms with van der Waals surface area (Å²) < 4.78 is 43.6. The van der Waals surface area contributed by atoms with Gasteiger partial charge < -0.3 is 25.7 Å². The quantitative estimate of drug-likeness (QED) is 0.561. The molecule has 2 amide bonds. The van der Waals surface area contributed by atoms with Crippen LogP contribution in [0.1, 0.15) is 13.8 Å². The summed E-state index contributed by atoms with van der Waals surface area (Å²) in [6.07, 6.45) is -4.77. The number of nitrogens with zero attached hydrogens (tertiary/aromatic N) is 1. The molecule has 0 saturated heterocycles. The molecule has 29 heavy (non-hydrogen) atoms. The van der Waals surface area contributed by atoms with Gasteiger partial charge in [0.15, 0.2) is 0 Å². The molecule has 0 saturated carbocycles. The summed E-state index contributed by atoms with van der Waals surface area (Å²) in [5, 5.41) is 5.99. The SMILES string of the molecule is CCNC(=O)Nc1ccc(-c2c(N)c3ccc(OC(F)(F)F)cc3n2CC)cc1. The molecular weight excluding hydrogens is 385 g/mol. The van der Waals surface area contributed by atoms with Crippen molar-refractivity contribution >= 4 is 28.3 Å². The van der Waals surface area contributed by atoms with E-state index < -0.39 is 6.36 Å². The number of amides is 2. The molecule has 0 atom stereocenters. The minimum Gasteiger partial charge on any atom is -0.406 e. The Hall–Kier alpha value is -3.36. The minimum atomic E-state index is -4.77. The number of nitrogens with two attached hydrogens (primary N) is 1. The van der Waals surface area contributed by atoms with E-state index in [-0.39, 0.29) is 11.8 Å². The molecule has 1 aromatic heterocycles. The Morgan fingerprint density at radius 3 is 2.41 bits per heavy atom. The van der Waals surface area contributed by atoms with E-state index in [4.69, 9.17) is 5.73 Å². The zero-order chi connectivity index (χ0) is 21.2. The molecule has 4 N–H and O–H groups in total. The Kier molecular flexibility index (Phi) is 5.58. The maximum atomic E-state index is 12.6. The van der Waals surface area contributed by atoms with Crippen molar-refractivity contribution in [3.05, 3.63) is 42.5 Å². The number of fused-ring (bicyclic) bond motifs is 1. The van der Waals surface area contributed by atoms with Crippen LogP contribution in [0.4, 0.5) is 29.3 Å². The molecule has 0 aliphatic carbocycles. The number of hydrogen-bond donors (Lipinski definition) is 3. The lowest BCUT2D eigenvalue weighted by molar-refractivity contribution is -0.274. The van der Waals surface area contributed by atoms with Crippen molar-refractivity contribution in [1.29, 1.82) is 0 Å². The van der Waals surface area contributed by atoms with E-state index in [0.717, 1.165) is 5.56 Å². The number of ether oxygens (including phenoxy) is 1. The van der Waals surface area contributed by atoms with Gasteiger partial charge in [-0.15, -0.1) is 13.2 Å². The Morgan fingerprint density at radius 2 is 1.83 bits per heavy atom. The van der Waals surface area contributed by atoms with Crippen molar-refractivity contribution < 1.29 is 22.7 Å². The average molecular weight is 406 g/mol. The van der Waals surface area contributed by atoms with Crippen LogP contribution in [0.25, 0.3) is 22.2 Å². The summed E-state index contributed by atoms with van der Waals surface area (Å²) in [7, 11) is 0. The van der Waals surface area contributed by atoms with Crippen LogP contribution in [0.5, 0.6) is 5.75 Å². The second-order valence-electron chi connectivity index (χ2n) is 6.30. The first-order valence-electron chi connectivity index (χ1n) is 9.06. The number of urea groups is 1. The highest BCUT2D eigenvalue weighted by Crippen LogP contribution is 2.38. The fourth-order valence-corrected chi connectivity index (χ4v) is 3.24. The van der Waals surface area contributed by atoms with Crippen LogP contribution < -0.4 is 21.1 Å². The van der Waals surface area contributed by atoms with Crippen LogP contribution in [0, 0.1) is 0 Å². The summed E-state index contributed by atoms with van der Waals surface area (Å²) >= 11 is 0. The fourth-order valence-electron chi connectivity index (χ4n) is 3.24. The third-order valence-electron chi connectivity index (χ3n) is 4.38. The zero-order valence-corrected chi connectivity index (χ0v) is 15.9. The van der Waals surface area contributed by atoms with Gasteiger partial charge in [-0.25, -0.2) is 4.79 Å². The number of aryl methyl sites for hydroxylation is 1. The van der Waals surface area contributed by atoms with E-state index in [0.29, 0.717) is 41.1 Å². The molecule has 3 rings (SSSR count). The monoisotopic (exact) mass is 406 g/mol. The first-order valence-corrected chi connectivity index (χ1v) is 9.06. The average Bonchev–Trinajstić information content (AvgIpc) is 2.92. The Morgan fingerprint density at radius 1 is 1.14 bits per heavy atom. The van der Waals surface area contributed by atoms with Gasteiger partial charge in [-0.05, 0) is 38.1 Å². The Bertz CT molecular complexity index is 1030. The van der Waals surface area contributed by atoms with Gasteiger partial charge >= 0.3 is 12.4 Å². The van der Waals surface area contributed by atoms with E-state index in [1.54, 1.807) is 24.3 Å². The van der Waals surface area contributed by atoms with Crippen molar-refractivity contribution in [1.82, 2.24) is 9.88 Å². The van der Waals surface area contributed by atoms with Gasteiger partial charge in [0.05, 0.1) is 16.9 Å².